The first-order valence-electron chi connectivity index (χ1n) is 12.4. The van der Waals surface area contributed by atoms with Gasteiger partial charge in [0.2, 0.25) is 0 Å². The van der Waals surface area contributed by atoms with Crippen LogP contribution in [0.5, 0.6) is 0 Å². The first-order valence-corrected chi connectivity index (χ1v) is 12.4. The second-order valence-corrected chi connectivity index (χ2v) is 9.03. The third kappa shape index (κ3) is 6.11. The number of para-hydroxylation sites is 1. The Morgan fingerprint density at radius 2 is 1.76 bits per heavy atom. The van der Waals surface area contributed by atoms with Crippen LogP contribution in [0.25, 0.3) is 23.1 Å². The number of hydrogen-bond acceptors (Lipinski definition) is 4. The number of H-pyrrole nitrogens is 1. The van der Waals surface area contributed by atoms with Crippen LogP contribution in [0.1, 0.15) is 40.7 Å². The van der Waals surface area contributed by atoms with Crippen LogP contribution >= 0.6 is 0 Å². The van der Waals surface area contributed by atoms with E-state index in [-0.39, 0.29) is 11.9 Å². The van der Waals surface area contributed by atoms with E-state index in [0.29, 0.717) is 5.56 Å². The fraction of sp³-hybridized carbons (Fsp3) is 0.129. The molecule has 2 aromatic heterocycles. The molecule has 6 heteroatoms. The van der Waals surface area contributed by atoms with Crippen molar-refractivity contribution in [2.45, 2.75) is 25.8 Å². The number of pyridine rings is 1. The molecule has 0 saturated carbocycles. The lowest BCUT2D eigenvalue weighted by Gasteiger charge is -2.16. The molecule has 37 heavy (non-hydrogen) atoms. The molecule has 0 fully saturated rings. The summed E-state index contributed by atoms with van der Waals surface area (Å²) in [4.78, 5) is 17.4. The predicted molar refractivity (Wildman–Crippen MR) is 151 cm³/mol. The van der Waals surface area contributed by atoms with Crippen LogP contribution in [0.3, 0.4) is 0 Å². The lowest BCUT2D eigenvalue weighted by molar-refractivity contribution is 0.0939. The third-order valence-electron chi connectivity index (χ3n) is 6.23. The van der Waals surface area contributed by atoms with Gasteiger partial charge in [-0.05, 0) is 79.9 Å². The topological polar surface area (TPSA) is 82.7 Å². The minimum absolute atomic E-state index is 0.0552. The van der Waals surface area contributed by atoms with Gasteiger partial charge in [-0.3, -0.25) is 14.9 Å². The maximum atomic E-state index is 13.1. The molecular weight excluding hydrogens is 458 g/mol. The number of nitrogens with one attached hydrogen (secondary N) is 3. The minimum atomic E-state index is -0.0896. The van der Waals surface area contributed by atoms with Crippen LogP contribution in [0.4, 0.5) is 11.4 Å². The number of benzene rings is 3. The van der Waals surface area contributed by atoms with Crippen molar-refractivity contribution in [3.05, 3.63) is 120 Å². The van der Waals surface area contributed by atoms with Crippen molar-refractivity contribution < 1.29 is 4.79 Å². The van der Waals surface area contributed by atoms with Gasteiger partial charge in [0.05, 0.1) is 28.2 Å². The van der Waals surface area contributed by atoms with Crippen LogP contribution in [-0.2, 0) is 6.42 Å². The van der Waals surface area contributed by atoms with E-state index >= 15 is 0 Å². The zero-order chi connectivity index (χ0) is 25.5. The quantitative estimate of drug-likeness (QED) is 0.218. The number of amides is 1. The minimum Gasteiger partial charge on any atom is -0.355 e. The molecule has 1 amide bonds. The van der Waals surface area contributed by atoms with Crippen molar-refractivity contribution in [3.8, 4) is 0 Å². The average molecular weight is 488 g/mol. The van der Waals surface area contributed by atoms with Crippen molar-refractivity contribution in [1.29, 1.82) is 0 Å². The molecule has 3 aromatic carbocycles. The van der Waals surface area contributed by atoms with Gasteiger partial charge in [0.1, 0.15) is 0 Å². The Morgan fingerprint density at radius 1 is 0.946 bits per heavy atom. The van der Waals surface area contributed by atoms with Gasteiger partial charge in [-0.1, -0.05) is 48.5 Å². The number of aromatic nitrogens is 3. The fourth-order valence-electron chi connectivity index (χ4n) is 4.23. The summed E-state index contributed by atoms with van der Waals surface area (Å²) in [5, 5.41) is 15.1. The molecule has 6 nitrogen and oxygen atoms in total. The zero-order valence-corrected chi connectivity index (χ0v) is 20.7. The van der Waals surface area contributed by atoms with E-state index < -0.39 is 0 Å². The van der Waals surface area contributed by atoms with Gasteiger partial charge in [0, 0.05) is 23.3 Å². The predicted octanol–water partition coefficient (Wildman–Crippen LogP) is 6.62. The van der Waals surface area contributed by atoms with Gasteiger partial charge in [-0.25, -0.2) is 0 Å². The van der Waals surface area contributed by atoms with E-state index in [2.05, 4.69) is 37.9 Å². The standard InChI is InChI=1S/C31H29N5O/c1-22(14-15-23-9-3-2-4-10-23)33-31(37)27-12-5-6-13-28(27)34-25-16-18-26-29(35-36-30(26)21-25)19-17-24-11-7-8-20-32-24/h2-13,16-22,34H,14-15H2,1H3,(H,33,37)(H,35,36)/b19-17+. The van der Waals surface area contributed by atoms with Crippen LogP contribution in [0.2, 0.25) is 0 Å². The molecule has 1 unspecified atom stereocenters. The van der Waals surface area contributed by atoms with Crippen molar-refractivity contribution in [2.24, 2.45) is 0 Å². The monoisotopic (exact) mass is 487 g/mol. The van der Waals surface area contributed by atoms with Gasteiger partial charge in [0.25, 0.3) is 5.91 Å². The number of anilines is 2. The molecule has 0 radical (unpaired) electrons. The van der Waals surface area contributed by atoms with Gasteiger partial charge in [-0.15, -0.1) is 0 Å². The number of hydrogen-bond donors (Lipinski definition) is 3. The van der Waals surface area contributed by atoms with Crippen molar-refractivity contribution in [2.75, 3.05) is 5.32 Å². The highest BCUT2D eigenvalue weighted by Crippen LogP contribution is 2.26. The molecule has 0 aliphatic heterocycles. The van der Waals surface area contributed by atoms with E-state index in [0.717, 1.165) is 46.5 Å². The summed E-state index contributed by atoms with van der Waals surface area (Å²) >= 11 is 0. The largest absolute Gasteiger partial charge is 0.355 e. The average Bonchev–Trinajstić information content (AvgIpc) is 3.34. The summed E-state index contributed by atoms with van der Waals surface area (Å²) in [6, 6.07) is 29.8. The molecule has 1 atom stereocenters. The summed E-state index contributed by atoms with van der Waals surface area (Å²) in [6.45, 7) is 2.04. The van der Waals surface area contributed by atoms with Gasteiger partial charge in [-0.2, -0.15) is 5.10 Å². The van der Waals surface area contributed by atoms with E-state index in [1.807, 2.05) is 97.9 Å². The van der Waals surface area contributed by atoms with Gasteiger partial charge >= 0.3 is 0 Å². The van der Waals surface area contributed by atoms with Crippen LogP contribution in [0, 0.1) is 0 Å². The first kappa shape index (κ1) is 24.0. The number of aromatic amines is 1. The Morgan fingerprint density at radius 3 is 2.59 bits per heavy atom. The Bertz CT molecular complexity index is 1510. The molecule has 0 spiro atoms. The maximum absolute atomic E-state index is 13.1. The normalized spacial score (nSPS) is 12.0. The van der Waals surface area contributed by atoms with E-state index in [1.165, 1.54) is 5.56 Å². The maximum Gasteiger partial charge on any atom is 0.253 e. The Kier molecular flexibility index (Phi) is 7.36. The molecule has 5 rings (SSSR count). The SMILES string of the molecule is CC(CCc1ccccc1)NC(=O)c1ccccc1Nc1ccc2c(/C=C/c3ccccn3)n[nH]c2c1. The number of rotatable bonds is 9. The zero-order valence-electron chi connectivity index (χ0n) is 20.7. The number of carbonyl (C=O) groups excluding carboxylic acids is 1. The van der Waals surface area contributed by atoms with Gasteiger partial charge in [0.15, 0.2) is 0 Å². The molecule has 5 aromatic rings. The third-order valence-corrected chi connectivity index (χ3v) is 6.23. The summed E-state index contributed by atoms with van der Waals surface area (Å²) in [5.41, 5.74) is 6.13. The van der Waals surface area contributed by atoms with Crippen LogP contribution in [-0.4, -0.2) is 27.1 Å². The summed E-state index contributed by atoms with van der Waals surface area (Å²) in [5.74, 6) is -0.0896. The number of aryl methyl sites for hydroxylation is 1. The lowest BCUT2D eigenvalue weighted by atomic mass is 10.1. The smallest absolute Gasteiger partial charge is 0.253 e. The van der Waals surface area contributed by atoms with E-state index in [9.17, 15) is 4.79 Å². The van der Waals surface area contributed by atoms with Crippen molar-refractivity contribution in [3.63, 3.8) is 0 Å². The molecule has 0 aliphatic rings. The molecule has 184 valence electrons. The molecule has 3 N–H and O–H groups in total. The second kappa shape index (κ2) is 11.4. The number of nitrogens with zero attached hydrogens (tertiary/aromatic N) is 2. The van der Waals surface area contributed by atoms with Crippen molar-refractivity contribution >= 4 is 40.3 Å². The summed E-state index contributed by atoms with van der Waals surface area (Å²) < 4.78 is 0. The summed E-state index contributed by atoms with van der Waals surface area (Å²) in [7, 11) is 0. The second-order valence-electron chi connectivity index (χ2n) is 9.03. The highest BCUT2D eigenvalue weighted by atomic mass is 16.1. The number of fused-ring (bicyclic) bond motifs is 1. The van der Waals surface area contributed by atoms with E-state index in [1.54, 1.807) is 6.20 Å². The van der Waals surface area contributed by atoms with Crippen LogP contribution in [0.15, 0.2) is 97.2 Å². The first-order chi connectivity index (χ1) is 18.2. The molecule has 0 bridgehead atoms. The van der Waals surface area contributed by atoms with Crippen LogP contribution < -0.4 is 10.6 Å². The summed E-state index contributed by atoms with van der Waals surface area (Å²) in [6.07, 6.45) is 7.46. The van der Waals surface area contributed by atoms with Gasteiger partial charge < -0.3 is 10.6 Å². The number of carbonyl (C=O) groups is 1. The molecule has 2 heterocycles. The Balaban J connectivity index is 1.26. The Hall–Kier alpha value is -4.71. The molecule has 0 saturated heterocycles. The highest BCUT2D eigenvalue weighted by Gasteiger charge is 2.14. The lowest BCUT2D eigenvalue weighted by Crippen LogP contribution is -2.33. The molecular formula is C31H29N5O. The highest BCUT2D eigenvalue weighted by molar-refractivity contribution is 6.01. The van der Waals surface area contributed by atoms with Crippen molar-refractivity contribution in [1.82, 2.24) is 20.5 Å². The Labute approximate surface area is 216 Å². The fourth-order valence-corrected chi connectivity index (χ4v) is 4.23. The molecule has 0 aliphatic carbocycles. The van der Waals surface area contributed by atoms with E-state index in [4.69, 9.17) is 0 Å².